The van der Waals surface area contributed by atoms with Crippen molar-refractivity contribution in [3.8, 4) is 11.5 Å². The lowest BCUT2D eigenvalue weighted by atomic mass is 10.0. The summed E-state index contributed by atoms with van der Waals surface area (Å²) in [6, 6.07) is 11.6. The molecule has 0 heterocycles. The Balaban J connectivity index is 2.22. The number of aromatic hydroxyl groups is 1. The fourth-order valence-electron chi connectivity index (χ4n) is 1.88. The van der Waals surface area contributed by atoms with Crippen LogP contribution in [0.4, 0.5) is 0 Å². The third kappa shape index (κ3) is 3.39. The highest BCUT2D eigenvalue weighted by Crippen LogP contribution is 2.21. The molecule has 0 spiro atoms. The minimum absolute atomic E-state index is 0.0693. The maximum atomic E-state index is 12.3. The molecule has 0 saturated heterocycles. The van der Waals surface area contributed by atoms with Crippen molar-refractivity contribution in [2.45, 2.75) is 6.92 Å². The predicted octanol–water partition coefficient (Wildman–Crippen LogP) is 3.71. The van der Waals surface area contributed by atoms with Crippen LogP contribution in [0.2, 0.25) is 0 Å². The largest absolute Gasteiger partial charge is 0.508 e. The van der Waals surface area contributed by atoms with E-state index in [1.165, 1.54) is 12.1 Å². The molecule has 0 atom stereocenters. The Morgan fingerprint density at radius 1 is 1.15 bits per heavy atom. The van der Waals surface area contributed by atoms with Crippen LogP contribution in [0.1, 0.15) is 21.5 Å². The molecule has 0 radical (unpaired) electrons. The Hall–Kier alpha value is -1.81. The molecule has 2 rings (SSSR count). The van der Waals surface area contributed by atoms with E-state index in [4.69, 9.17) is 4.74 Å². The van der Waals surface area contributed by atoms with Crippen LogP contribution >= 0.6 is 15.9 Å². The van der Waals surface area contributed by atoms with E-state index in [2.05, 4.69) is 15.9 Å². The van der Waals surface area contributed by atoms with Gasteiger partial charge in [-0.2, -0.15) is 0 Å². The summed E-state index contributed by atoms with van der Waals surface area (Å²) >= 11 is 3.31. The van der Waals surface area contributed by atoms with E-state index < -0.39 is 0 Å². The number of hydrogen-bond donors (Lipinski definition) is 1. The molecular weight excluding hydrogens is 320 g/mol. The number of alkyl halides is 1. The van der Waals surface area contributed by atoms with Gasteiger partial charge in [-0.25, -0.2) is 0 Å². The molecule has 2 aromatic rings. The molecule has 2 aromatic carbocycles. The summed E-state index contributed by atoms with van der Waals surface area (Å²) < 4.78 is 5.55. The van der Waals surface area contributed by atoms with Crippen molar-refractivity contribution in [1.29, 1.82) is 0 Å². The number of aryl methyl sites for hydroxylation is 1. The molecule has 0 aliphatic heterocycles. The predicted molar refractivity (Wildman–Crippen MR) is 82.0 cm³/mol. The number of rotatable bonds is 5. The van der Waals surface area contributed by atoms with Gasteiger partial charge in [-0.15, -0.1) is 0 Å². The van der Waals surface area contributed by atoms with Gasteiger partial charge in [0.05, 0.1) is 6.61 Å². The van der Waals surface area contributed by atoms with Crippen LogP contribution in [-0.4, -0.2) is 22.8 Å². The number of phenolic OH excluding ortho intramolecular Hbond substituents is 1. The second kappa shape index (κ2) is 6.57. The lowest BCUT2D eigenvalue weighted by Crippen LogP contribution is -2.03. The van der Waals surface area contributed by atoms with Gasteiger partial charge in [0.1, 0.15) is 11.5 Å². The van der Waals surface area contributed by atoms with E-state index in [1.54, 1.807) is 18.2 Å². The summed E-state index contributed by atoms with van der Waals surface area (Å²) in [6.07, 6.45) is 0. The fraction of sp³-hybridized carbons (Fsp3) is 0.188. The zero-order valence-electron chi connectivity index (χ0n) is 11.1. The molecule has 20 heavy (non-hydrogen) atoms. The third-order valence-electron chi connectivity index (χ3n) is 2.90. The van der Waals surface area contributed by atoms with E-state index in [0.29, 0.717) is 17.7 Å². The third-order valence-corrected chi connectivity index (χ3v) is 3.23. The SMILES string of the molecule is Cc1cc(C(=O)c2ccc(O)cc2)ccc1OCCBr. The maximum Gasteiger partial charge on any atom is 0.193 e. The van der Waals surface area contributed by atoms with E-state index in [0.717, 1.165) is 16.6 Å². The quantitative estimate of drug-likeness (QED) is 0.669. The number of ketones is 1. The van der Waals surface area contributed by atoms with Gasteiger partial charge in [-0.3, -0.25) is 4.79 Å². The molecule has 104 valence electrons. The number of ether oxygens (including phenoxy) is 1. The maximum absolute atomic E-state index is 12.3. The highest BCUT2D eigenvalue weighted by molar-refractivity contribution is 9.09. The van der Waals surface area contributed by atoms with Crippen LogP contribution in [-0.2, 0) is 0 Å². The van der Waals surface area contributed by atoms with Crippen LogP contribution in [0.25, 0.3) is 0 Å². The second-order valence-electron chi connectivity index (χ2n) is 4.39. The first kappa shape index (κ1) is 14.6. The van der Waals surface area contributed by atoms with Gasteiger partial charge in [0.25, 0.3) is 0 Å². The van der Waals surface area contributed by atoms with Crippen LogP contribution in [0.5, 0.6) is 11.5 Å². The molecule has 0 aliphatic carbocycles. The summed E-state index contributed by atoms with van der Waals surface area (Å²) in [5.41, 5.74) is 2.09. The van der Waals surface area contributed by atoms with Crippen molar-refractivity contribution in [3.05, 3.63) is 59.2 Å². The molecule has 0 saturated carbocycles. The molecule has 0 aliphatic rings. The van der Waals surface area contributed by atoms with Gasteiger partial charge in [0.15, 0.2) is 5.78 Å². The normalized spacial score (nSPS) is 10.3. The average molecular weight is 335 g/mol. The van der Waals surface area contributed by atoms with Gasteiger partial charge >= 0.3 is 0 Å². The summed E-state index contributed by atoms with van der Waals surface area (Å²) in [6.45, 7) is 2.50. The standard InChI is InChI=1S/C16H15BrO3/c1-11-10-13(4-7-15(11)20-9-8-17)16(19)12-2-5-14(18)6-3-12/h2-7,10,18H,8-9H2,1H3. The van der Waals surface area contributed by atoms with Crippen molar-refractivity contribution >= 4 is 21.7 Å². The molecule has 0 aromatic heterocycles. The van der Waals surface area contributed by atoms with Gasteiger partial charge in [-0.1, -0.05) is 15.9 Å². The Kier molecular flexibility index (Phi) is 4.79. The fourth-order valence-corrected chi connectivity index (χ4v) is 2.04. The van der Waals surface area contributed by atoms with Crippen molar-refractivity contribution < 1.29 is 14.6 Å². The number of halogens is 1. The van der Waals surface area contributed by atoms with Crippen LogP contribution in [0.3, 0.4) is 0 Å². The van der Waals surface area contributed by atoms with E-state index in [9.17, 15) is 9.90 Å². The zero-order chi connectivity index (χ0) is 14.5. The summed E-state index contributed by atoms with van der Waals surface area (Å²) in [7, 11) is 0. The van der Waals surface area contributed by atoms with Gasteiger partial charge < -0.3 is 9.84 Å². The molecule has 3 nitrogen and oxygen atoms in total. The van der Waals surface area contributed by atoms with Crippen LogP contribution < -0.4 is 4.74 Å². The van der Waals surface area contributed by atoms with E-state index in [-0.39, 0.29) is 11.5 Å². The topological polar surface area (TPSA) is 46.5 Å². The van der Waals surface area contributed by atoms with Crippen LogP contribution in [0, 0.1) is 6.92 Å². The zero-order valence-corrected chi connectivity index (χ0v) is 12.7. The van der Waals surface area contributed by atoms with Crippen LogP contribution in [0.15, 0.2) is 42.5 Å². The molecule has 4 heteroatoms. The lowest BCUT2D eigenvalue weighted by Gasteiger charge is -2.09. The van der Waals surface area contributed by atoms with Crippen molar-refractivity contribution in [1.82, 2.24) is 0 Å². The monoisotopic (exact) mass is 334 g/mol. The molecule has 0 amide bonds. The number of phenols is 1. The Labute approximate surface area is 126 Å². The Morgan fingerprint density at radius 3 is 2.40 bits per heavy atom. The summed E-state index contributed by atoms with van der Waals surface area (Å²) in [4.78, 5) is 12.3. The highest BCUT2D eigenvalue weighted by atomic mass is 79.9. The lowest BCUT2D eigenvalue weighted by molar-refractivity contribution is 0.103. The molecular formula is C16H15BrO3. The highest BCUT2D eigenvalue weighted by Gasteiger charge is 2.11. The van der Waals surface area contributed by atoms with Crippen molar-refractivity contribution in [3.63, 3.8) is 0 Å². The first-order valence-corrected chi connectivity index (χ1v) is 7.37. The smallest absolute Gasteiger partial charge is 0.193 e. The molecule has 0 fully saturated rings. The van der Waals surface area contributed by atoms with Gasteiger partial charge in [0, 0.05) is 16.5 Å². The Bertz CT molecular complexity index is 606. The Morgan fingerprint density at radius 2 is 1.80 bits per heavy atom. The summed E-state index contributed by atoms with van der Waals surface area (Å²) in [5.74, 6) is 0.864. The minimum atomic E-state index is -0.0693. The minimum Gasteiger partial charge on any atom is -0.508 e. The summed E-state index contributed by atoms with van der Waals surface area (Å²) in [5, 5.41) is 10.0. The molecule has 1 N–H and O–H groups in total. The number of carbonyl (C=O) groups excluding carboxylic acids is 1. The number of hydrogen-bond acceptors (Lipinski definition) is 3. The van der Waals surface area contributed by atoms with Gasteiger partial charge in [0.2, 0.25) is 0 Å². The first-order chi connectivity index (χ1) is 9.61. The number of benzene rings is 2. The van der Waals surface area contributed by atoms with Gasteiger partial charge in [-0.05, 0) is 55.0 Å². The first-order valence-electron chi connectivity index (χ1n) is 6.25. The number of carbonyl (C=O) groups is 1. The second-order valence-corrected chi connectivity index (χ2v) is 5.19. The van der Waals surface area contributed by atoms with E-state index >= 15 is 0 Å². The van der Waals surface area contributed by atoms with E-state index in [1.807, 2.05) is 19.1 Å². The van der Waals surface area contributed by atoms with Crippen molar-refractivity contribution in [2.24, 2.45) is 0 Å². The molecule has 0 unspecified atom stereocenters. The molecule has 0 bridgehead atoms. The van der Waals surface area contributed by atoms with Crippen molar-refractivity contribution in [2.75, 3.05) is 11.9 Å². The average Bonchev–Trinajstić information content (AvgIpc) is 2.46.